The molecule has 2 atom stereocenters. The molecular formula is C15H31NO2SSi. The van der Waals surface area contributed by atoms with Crippen LogP contribution >= 0.6 is 11.8 Å². The topological polar surface area (TPSA) is 40.5 Å². The van der Waals surface area contributed by atoms with Gasteiger partial charge in [-0.25, -0.2) is 0 Å². The van der Waals surface area contributed by atoms with Gasteiger partial charge in [0.2, 0.25) is 0 Å². The first-order valence-electron chi connectivity index (χ1n) is 7.90. The van der Waals surface area contributed by atoms with Crippen LogP contribution in [-0.2, 0) is 4.79 Å². The Morgan fingerprint density at radius 2 is 2.05 bits per heavy atom. The van der Waals surface area contributed by atoms with E-state index in [4.69, 9.17) is 0 Å². The highest BCUT2D eigenvalue weighted by Gasteiger charge is 2.57. The molecule has 5 heteroatoms. The summed E-state index contributed by atoms with van der Waals surface area (Å²) in [5, 5.41) is 9.40. The van der Waals surface area contributed by atoms with Crippen LogP contribution < -0.4 is 0 Å². The fraction of sp³-hybridized carbons (Fsp3) is 0.933. The van der Waals surface area contributed by atoms with Gasteiger partial charge < -0.3 is 5.11 Å². The second-order valence-electron chi connectivity index (χ2n) is 6.61. The Hall–Kier alpha value is -0.00312. The van der Waals surface area contributed by atoms with Gasteiger partial charge in [-0.2, -0.15) is 11.8 Å². The number of likely N-dealkylation sites (N-methyl/N-ethyl adjacent to an activating group) is 1. The summed E-state index contributed by atoms with van der Waals surface area (Å²) in [4.78, 5) is 14.3. The fourth-order valence-electron chi connectivity index (χ4n) is 3.34. The highest BCUT2D eigenvalue weighted by molar-refractivity contribution is 8.00. The lowest BCUT2D eigenvalue weighted by Crippen LogP contribution is -2.72. The van der Waals surface area contributed by atoms with Crippen LogP contribution in [0.15, 0.2) is 0 Å². The Bertz CT molecular complexity index is 338. The van der Waals surface area contributed by atoms with Crippen LogP contribution in [0.4, 0.5) is 0 Å². The minimum Gasteiger partial charge on any atom is -0.480 e. The van der Waals surface area contributed by atoms with Crippen molar-refractivity contribution in [3.63, 3.8) is 0 Å². The normalized spacial score (nSPS) is 30.9. The molecule has 0 bridgehead atoms. The van der Waals surface area contributed by atoms with Gasteiger partial charge in [0.1, 0.15) is 5.16 Å². The molecule has 1 saturated heterocycles. The lowest BCUT2D eigenvalue weighted by molar-refractivity contribution is -0.148. The van der Waals surface area contributed by atoms with Gasteiger partial charge in [-0.05, 0) is 27.8 Å². The average molecular weight is 318 g/mol. The molecule has 3 nitrogen and oxygen atoms in total. The van der Waals surface area contributed by atoms with E-state index in [-0.39, 0.29) is 4.75 Å². The van der Waals surface area contributed by atoms with E-state index in [1.165, 1.54) is 25.7 Å². The van der Waals surface area contributed by atoms with Gasteiger partial charge in [-0.15, -0.1) is 0 Å². The summed E-state index contributed by atoms with van der Waals surface area (Å²) in [7, 11) is 1.33. The largest absolute Gasteiger partial charge is 0.480 e. The molecule has 1 heterocycles. The fourth-order valence-corrected chi connectivity index (χ4v) is 7.90. The number of aliphatic carboxylic acids is 1. The quantitative estimate of drug-likeness (QED) is 0.579. The van der Waals surface area contributed by atoms with Crippen molar-refractivity contribution < 1.29 is 9.90 Å². The third-order valence-electron chi connectivity index (χ3n) is 4.94. The van der Waals surface area contributed by atoms with Gasteiger partial charge in [0.15, 0.2) is 0 Å². The van der Waals surface area contributed by atoms with E-state index in [0.29, 0.717) is 6.04 Å². The summed E-state index contributed by atoms with van der Waals surface area (Å²) in [5.41, 5.74) is 0. The van der Waals surface area contributed by atoms with Crippen LogP contribution in [0.2, 0.25) is 6.04 Å². The maximum atomic E-state index is 12.1. The Morgan fingerprint density at radius 3 is 2.60 bits per heavy atom. The van der Waals surface area contributed by atoms with Gasteiger partial charge in [0.05, 0.1) is 9.52 Å². The second kappa shape index (κ2) is 7.32. The van der Waals surface area contributed by atoms with Crippen LogP contribution in [0.1, 0.15) is 53.4 Å². The molecule has 1 unspecified atom stereocenters. The first-order chi connectivity index (χ1) is 9.29. The Labute approximate surface area is 130 Å². The first kappa shape index (κ1) is 18.0. The summed E-state index contributed by atoms with van der Waals surface area (Å²) in [6.45, 7) is 8.64. The molecule has 0 saturated carbocycles. The Balaban J connectivity index is 2.84. The van der Waals surface area contributed by atoms with Gasteiger partial charge in [-0.1, -0.05) is 38.7 Å². The minimum absolute atomic E-state index is 0.183. The standard InChI is InChI=1S/C15H31NO2SSi/c1-6-7-8-9-10-20-15(13(17)18)14(3,4)19-11-12(2)16(15)5/h12H,6-11,20H2,1-5H3,(H,17,18)/t12?,15-/m0/s1. The lowest BCUT2D eigenvalue weighted by atomic mass is 9.98. The first-order valence-corrected chi connectivity index (χ1v) is 10.6. The molecule has 0 radical (unpaired) electrons. The van der Waals surface area contributed by atoms with Crippen molar-refractivity contribution in [2.24, 2.45) is 0 Å². The molecule has 0 aromatic rings. The maximum absolute atomic E-state index is 12.1. The van der Waals surface area contributed by atoms with Crippen molar-refractivity contribution in [3.8, 4) is 0 Å². The highest BCUT2D eigenvalue weighted by Crippen LogP contribution is 2.45. The molecule has 0 aromatic carbocycles. The molecule has 1 rings (SSSR count). The molecule has 0 aliphatic carbocycles. The molecule has 0 aromatic heterocycles. The zero-order valence-electron chi connectivity index (χ0n) is 13.7. The molecule has 1 fully saturated rings. The van der Waals surface area contributed by atoms with E-state index >= 15 is 0 Å². The van der Waals surface area contributed by atoms with Gasteiger partial charge in [0.25, 0.3) is 0 Å². The van der Waals surface area contributed by atoms with Crippen molar-refractivity contribution in [2.75, 3.05) is 12.8 Å². The van der Waals surface area contributed by atoms with Gasteiger partial charge in [-0.3, -0.25) is 9.69 Å². The van der Waals surface area contributed by atoms with E-state index in [9.17, 15) is 9.90 Å². The zero-order chi connectivity index (χ0) is 15.4. The lowest BCUT2D eigenvalue weighted by Gasteiger charge is -2.55. The van der Waals surface area contributed by atoms with Crippen LogP contribution in [-0.4, -0.2) is 54.2 Å². The molecule has 0 amide bonds. The third kappa shape index (κ3) is 3.42. The Morgan fingerprint density at radius 1 is 1.40 bits per heavy atom. The molecule has 1 aliphatic rings. The summed E-state index contributed by atoms with van der Waals surface area (Å²) in [6.07, 6.45) is 4.98. The molecule has 20 heavy (non-hydrogen) atoms. The van der Waals surface area contributed by atoms with E-state index in [0.717, 1.165) is 11.8 Å². The Kier molecular flexibility index (Phi) is 6.60. The zero-order valence-corrected chi connectivity index (χ0v) is 16.0. The van der Waals surface area contributed by atoms with Gasteiger partial charge >= 0.3 is 5.97 Å². The summed E-state index contributed by atoms with van der Waals surface area (Å²) < 4.78 is -0.183. The number of rotatable bonds is 7. The number of hydrogen-bond acceptors (Lipinski definition) is 3. The predicted molar refractivity (Wildman–Crippen MR) is 91.6 cm³/mol. The highest BCUT2D eigenvalue weighted by atomic mass is 32.2. The number of carboxylic acid groups (broad SMARTS) is 1. The predicted octanol–water partition coefficient (Wildman–Crippen LogP) is 2.78. The van der Waals surface area contributed by atoms with Crippen molar-refractivity contribution >= 4 is 27.3 Å². The molecule has 1 aliphatic heterocycles. The van der Waals surface area contributed by atoms with E-state index < -0.39 is 20.7 Å². The van der Waals surface area contributed by atoms with Crippen LogP contribution in [0.5, 0.6) is 0 Å². The average Bonchev–Trinajstić information content (AvgIpc) is 2.37. The third-order valence-corrected chi connectivity index (χ3v) is 10.2. The smallest absolute Gasteiger partial charge is 0.321 e. The second-order valence-corrected chi connectivity index (χ2v) is 10.5. The van der Waals surface area contributed by atoms with Gasteiger partial charge in [0, 0.05) is 16.5 Å². The van der Waals surface area contributed by atoms with E-state index in [1.54, 1.807) is 0 Å². The summed E-state index contributed by atoms with van der Waals surface area (Å²) >= 11 is 1.85. The van der Waals surface area contributed by atoms with Crippen molar-refractivity contribution in [1.29, 1.82) is 0 Å². The molecule has 0 spiro atoms. The number of thioether (sulfide) groups is 1. The number of unbranched alkanes of at least 4 members (excludes halogenated alkanes) is 3. The van der Waals surface area contributed by atoms with Crippen molar-refractivity contribution in [3.05, 3.63) is 0 Å². The van der Waals surface area contributed by atoms with Crippen LogP contribution in [0.3, 0.4) is 0 Å². The number of nitrogens with zero attached hydrogens (tertiary/aromatic N) is 1. The SMILES string of the molecule is CCCCCC[SiH2][C@]1(C(=O)O)N(C)C(C)CSC1(C)C. The summed E-state index contributed by atoms with van der Waals surface area (Å²) in [5.74, 6) is 0.439. The minimum atomic E-state index is -0.695. The van der Waals surface area contributed by atoms with Crippen molar-refractivity contribution in [1.82, 2.24) is 4.90 Å². The molecular weight excluding hydrogens is 286 g/mol. The number of carboxylic acids is 1. The van der Waals surface area contributed by atoms with Crippen LogP contribution in [0, 0.1) is 0 Å². The summed E-state index contributed by atoms with van der Waals surface area (Å²) in [6, 6.07) is 1.50. The van der Waals surface area contributed by atoms with E-state index in [2.05, 4.69) is 32.6 Å². The van der Waals surface area contributed by atoms with Crippen molar-refractivity contribution in [2.45, 2.75) is 75.4 Å². The molecule has 1 N–H and O–H groups in total. The van der Waals surface area contributed by atoms with Crippen LogP contribution in [0.25, 0.3) is 0 Å². The monoisotopic (exact) mass is 317 g/mol. The molecule has 118 valence electrons. The number of hydrogen-bond donors (Lipinski definition) is 1. The number of carbonyl (C=O) groups is 1. The van der Waals surface area contributed by atoms with E-state index in [1.807, 2.05) is 18.8 Å². The maximum Gasteiger partial charge on any atom is 0.321 e.